The van der Waals surface area contributed by atoms with Crippen molar-refractivity contribution in [1.82, 2.24) is 9.78 Å². The Balaban J connectivity index is 1.90. The van der Waals surface area contributed by atoms with Crippen LogP contribution in [0.5, 0.6) is 17.2 Å². The molecule has 9 nitrogen and oxygen atoms in total. The minimum Gasteiger partial charge on any atom is -0.488 e. The van der Waals surface area contributed by atoms with E-state index in [-0.39, 0.29) is 33.8 Å². The molecule has 1 aromatic heterocycles. The van der Waals surface area contributed by atoms with E-state index in [1.165, 1.54) is 24.3 Å². The Morgan fingerprint density at radius 3 is 2.53 bits per heavy atom. The molecular weight excluding hydrogens is 438 g/mol. The van der Waals surface area contributed by atoms with Gasteiger partial charge in [-0.15, -0.1) is 0 Å². The maximum absolute atomic E-state index is 12.8. The van der Waals surface area contributed by atoms with Crippen LogP contribution in [0.3, 0.4) is 0 Å². The average molecular weight is 460 g/mol. The monoisotopic (exact) mass is 459 g/mol. The van der Waals surface area contributed by atoms with Gasteiger partial charge in [-0.05, 0) is 37.3 Å². The lowest BCUT2D eigenvalue weighted by Crippen LogP contribution is -2.18. The van der Waals surface area contributed by atoms with E-state index < -0.39 is 11.9 Å². The van der Waals surface area contributed by atoms with Crippen LogP contribution >= 0.6 is 11.6 Å². The number of methoxy groups -OCH3 is 1. The van der Waals surface area contributed by atoms with Gasteiger partial charge in [0.25, 0.3) is 5.91 Å². The fraction of sp³-hybridized carbons (Fsp3) is 0.227. The highest BCUT2D eigenvalue weighted by atomic mass is 35.5. The van der Waals surface area contributed by atoms with E-state index in [9.17, 15) is 9.59 Å². The Morgan fingerprint density at radius 2 is 1.91 bits per heavy atom. The van der Waals surface area contributed by atoms with Gasteiger partial charge >= 0.3 is 5.97 Å². The van der Waals surface area contributed by atoms with Crippen LogP contribution in [-0.4, -0.2) is 46.6 Å². The standard InChI is InChI=1S/C22H22ClN3O6/c1-13(12-30-3)31-16-8-15(21(27)24-20-6-7-26(2)25-20)9-17(11-16)32-19-5-4-14(22(28)29)10-18(19)23/h4-11,13H,12H2,1-3H3,(H,28,29)(H,24,25,27)/t13-/m0/s1. The molecule has 0 radical (unpaired) electrons. The Hall–Kier alpha value is -3.56. The second-order valence-electron chi connectivity index (χ2n) is 6.96. The normalized spacial score (nSPS) is 11.6. The summed E-state index contributed by atoms with van der Waals surface area (Å²) in [7, 11) is 3.31. The highest BCUT2D eigenvalue weighted by Crippen LogP contribution is 2.33. The highest BCUT2D eigenvalue weighted by molar-refractivity contribution is 6.32. The van der Waals surface area contributed by atoms with Gasteiger partial charge in [0.15, 0.2) is 5.82 Å². The number of hydrogen-bond donors (Lipinski definition) is 2. The van der Waals surface area contributed by atoms with Gasteiger partial charge in [-0.25, -0.2) is 4.79 Å². The largest absolute Gasteiger partial charge is 0.488 e. The van der Waals surface area contributed by atoms with Gasteiger partial charge in [0, 0.05) is 38.1 Å². The van der Waals surface area contributed by atoms with Crippen LogP contribution in [0.25, 0.3) is 0 Å². The Labute approximate surface area is 189 Å². The molecule has 2 aromatic carbocycles. The van der Waals surface area contributed by atoms with E-state index in [1.807, 2.05) is 6.92 Å². The van der Waals surface area contributed by atoms with E-state index in [0.717, 1.165) is 0 Å². The molecule has 0 saturated heterocycles. The molecule has 0 aliphatic heterocycles. The lowest BCUT2D eigenvalue weighted by atomic mass is 10.1. The van der Waals surface area contributed by atoms with Gasteiger partial charge < -0.3 is 24.6 Å². The van der Waals surface area contributed by atoms with Crippen molar-refractivity contribution in [3.63, 3.8) is 0 Å². The molecule has 1 amide bonds. The Morgan fingerprint density at radius 1 is 1.16 bits per heavy atom. The lowest BCUT2D eigenvalue weighted by molar-refractivity contribution is 0.0696. The summed E-state index contributed by atoms with van der Waals surface area (Å²) in [6.07, 6.45) is 1.43. The fourth-order valence-corrected chi connectivity index (χ4v) is 3.06. The number of benzene rings is 2. The van der Waals surface area contributed by atoms with Crippen LogP contribution in [0, 0.1) is 0 Å². The molecular formula is C22H22ClN3O6. The molecule has 0 spiro atoms. The zero-order valence-electron chi connectivity index (χ0n) is 17.7. The lowest BCUT2D eigenvalue weighted by Gasteiger charge is -2.16. The third-order valence-electron chi connectivity index (χ3n) is 4.24. The molecule has 2 N–H and O–H groups in total. The number of aryl methyl sites for hydroxylation is 1. The highest BCUT2D eigenvalue weighted by Gasteiger charge is 2.15. The first kappa shape index (κ1) is 23.1. The van der Waals surface area contributed by atoms with E-state index in [4.69, 9.17) is 30.9 Å². The van der Waals surface area contributed by atoms with Crippen LogP contribution in [-0.2, 0) is 11.8 Å². The number of amides is 1. The number of aromatic nitrogens is 2. The summed E-state index contributed by atoms with van der Waals surface area (Å²) < 4.78 is 18.3. The molecule has 3 rings (SSSR count). The number of halogens is 1. The third-order valence-corrected chi connectivity index (χ3v) is 4.54. The van der Waals surface area contributed by atoms with Crippen molar-refractivity contribution in [3.8, 4) is 17.2 Å². The number of ether oxygens (including phenoxy) is 3. The van der Waals surface area contributed by atoms with Gasteiger partial charge in [-0.1, -0.05) is 11.6 Å². The average Bonchev–Trinajstić information content (AvgIpc) is 3.13. The number of carboxylic acid groups (broad SMARTS) is 1. The number of nitrogens with one attached hydrogen (secondary N) is 1. The molecule has 3 aromatic rings. The summed E-state index contributed by atoms with van der Waals surface area (Å²) in [6, 6.07) is 10.5. The van der Waals surface area contributed by atoms with Gasteiger partial charge in [-0.2, -0.15) is 5.10 Å². The summed E-state index contributed by atoms with van der Waals surface area (Å²) in [4.78, 5) is 23.9. The summed E-state index contributed by atoms with van der Waals surface area (Å²) in [5, 5.41) is 16.1. The molecule has 0 bridgehead atoms. The Kier molecular flexibility index (Phi) is 7.34. The number of rotatable bonds is 9. The molecule has 10 heteroatoms. The maximum Gasteiger partial charge on any atom is 0.335 e. The topological polar surface area (TPSA) is 112 Å². The van der Waals surface area contributed by atoms with Crippen LogP contribution in [0.15, 0.2) is 48.7 Å². The van der Waals surface area contributed by atoms with Gasteiger partial charge in [0.1, 0.15) is 23.4 Å². The molecule has 0 aliphatic rings. The molecule has 0 aliphatic carbocycles. The number of nitrogens with zero attached hydrogens (tertiary/aromatic N) is 2. The minimum absolute atomic E-state index is 0.0308. The second kappa shape index (κ2) is 10.2. The molecule has 1 heterocycles. The van der Waals surface area contributed by atoms with Gasteiger partial charge in [0.2, 0.25) is 0 Å². The number of carboxylic acids is 1. The van der Waals surface area contributed by atoms with E-state index in [1.54, 1.807) is 43.2 Å². The van der Waals surface area contributed by atoms with Crippen molar-refractivity contribution >= 4 is 29.3 Å². The number of hydrogen-bond acceptors (Lipinski definition) is 6. The molecule has 0 fully saturated rings. The zero-order chi connectivity index (χ0) is 23.3. The van der Waals surface area contributed by atoms with Crippen molar-refractivity contribution < 1.29 is 28.9 Å². The number of aromatic carboxylic acids is 1. The number of carbonyl (C=O) groups is 2. The van der Waals surface area contributed by atoms with E-state index in [2.05, 4.69) is 10.4 Å². The molecule has 0 saturated carbocycles. The summed E-state index contributed by atoms with van der Waals surface area (Å²) in [6.45, 7) is 2.18. The first-order valence-electron chi connectivity index (χ1n) is 9.57. The molecule has 32 heavy (non-hydrogen) atoms. The molecule has 0 unspecified atom stereocenters. The molecule has 1 atom stereocenters. The minimum atomic E-state index is -1.10. The van der Waals surface area contributed by atoms with Crippen molar-refractivity contribution in [2.45, 2.75) is 13.0 Å². The summed E-state index contributed by atoms with van der Waals surface area (Å²) in [5.74, 6) is -0.221. The quantitative estimate of drug-likeness (QED) is 0.492. The van der Waals surface area contributed by atoms with Crippen LogP contribution in [0.4, 0.5) is 5.82 Å². The summed E-state index contributed by atoms with van der Waals surface area (Å²) in [5.41, 5.74) is 0.300. The summed E-state index contributed by atoms with van der Waals surface area (Å²) >= 11 is 6.17. The van der Waals surface area contributed by atoms with Crippen LogP contribution < -0.4 is 14.8 Å². The van der Waals surface area contributed by atoms with E-state index >= 15 is 0 Å². The SMILES string of the molecule is COC[C@H](C)Oc1cc(Oc2ccc(C(=O)O)cc2Cl)cc(C(=O)Nc2ccn(C)n2)c1. The second-order valence-corrected chi connectivity index (χ2v) is 7.37. The smallest absolute Gasteiger partial charge is 0.335 e. The zero-order valence-corrected chi connectivity index (χ0v) is 18.4. The maximum atomic E-state index is 12.8. The Bertz CT molecular complexity index is 1130. The van der Waals surface area contributed by atoms with Gasteiger partial charge in [-0.3, -0.25) is 9.48 Å². The third kappa shape index (κ3) is 5.99. The van der Waals surface area contributed by atoms with Gasteiger partial charge in [0.05, 0.1) is 17.2 Å². The van der Waals surface area contributed by atoms with Crippen molar-refractivity contribution in [2.75, 3.05) is 19.0 Å². The van der Waals surface area contributed by atoms with Crippen LogP contribution in [0.2, 0.25) is 5.02 Å². The van der Waals surface area contributed by atoms with Crippen molar-refractivity contribution in [3.05, 3.63) is 64.8 Å². The molecule has 168 valence electrons. The predicted molar refractivity (Wildman–Crippen MR) is 118 cm³/mol. The number of anilines is 1. The fourth-order valence-electron chi connectivity index (χ4n) is 2.84. The van der Waals surface area contributed by atoms with Crippen molar-refractivity contribution in [2.24, 2.45) is 7.05 Å². The van der Waals surface area contributed by atoms with Crippen LogP contribution in [0.1, 0.15) is 27.6 Å². The first-order valence-corrected chi connectivity index (χ1v) is 9.95. The van der Waals surface area contributed by atoms with Crippen molar-refractivity contribution in [1.29, 1.82) is 0 Å². The van der Waals surface area contributed by atoms with E-state index in [0.29, 0.717) is 18.2 Å². The number of carbonyl (C=O) groups excluding carboxylic acids is 1. The predicted octanol–water partition coefficient (Wildman–Crippen LogP) is 4.23. The first-order chi connectivity index (χ1) is 15.2.